The summed E-state index contributed by atoms with van der Waals surface area (Å²) in [7, 11) is -2.11. The van der Waals surface area contributed by atoms with Crippen molar-refractivity contribution < 1.29 is 22.6 Å². The number of hydrogen-bond acceptors (Lipinski definition) is 5. The average molecular weight is 347 g/mol. The molecule has 2 aromatic carbocycles. The fourth-order valence-corrected chi connectivity index (χ4v) is 4.61. The summed E-state index contributed by atoms with van der Waals surface area (Å²) in [5.41, 5.74) is 1.68. The molecule has 0 saturated carbocycles. The molecule has 2 aliphatic rings. The van der Waals surface area contributed by atoms with E-state index in [0.717, 1.165) is 18.4 Å². The number of sulfonamides is 1. The SMILES string of the molecule is COc1ccc2c(c1)N(S(=O)(=O)c1ccc3c(c1)OCO3)CCC2. The third-order valence-electron chi connectivity index (χ3n) is 4.30. The lowest BCUT2D eigenvalue weighted by atomic mass is 10.0. The van der Waals surface area contributed by atoms with Gasteiger partial charge < -0.3 is 14.2 Å². The Hall–Kier alpha value is -2.41. The van der Waals surface area contributed by atoms with Crippen molar-refractivity contribution in [3.05, 3.63) is 42.0 Å². The van der Waals surface area contributed by atoms with Crippen LogP contribution in [0.3, 0.4) is 0 Å². The summed E-state index contributed by atoms with van der Waals surface area (Å²) in [6.45, 7) is 0.555. The zero-order valence-corrected chi connectivity index (χ0v) is 14.0. The number of hydrogen-bond donors (Lipinski definition) is 0. The van der Waals surface area contributed by atoms with Crippen molar-refractivity contribution >= 4 is 15.7 Å². The highest BCUT2D eigenvalue weighted by molar-refractivity contribution is 7.92. The first-order chi connectivity index (χ1) is 11.6. The minimum absolute atomic E-state index is 0.114. The van der Waals surface area contributed by atoms with Crippen molar-refractivity contribution in [1.29, 1.82) is 0 Å². The number of ether oxygens (including phenoxy) is 3. The molecule has 0 unspecified atom stereocenters. The molecule has 0 saturated heterocycles. The molecule has 24 heavy (non-hydrogen) atoms. The molecule has 0 radical (unpaired) electrons. The van der Waals surface area contributed by atoms with Crippen LogP contribution in [0, 0.1) is 0 Å². The summed E-state index contributed by atoms with van der Waals surface area (Å²) in [6.07, 6.45) is 1.63. The fraction of sp³-hybridized carbons (Fsp3) is 0.294. The summed E-state index contributed by atoms with van der Waals surface area (Å²) < 4.78 is 43.5. The maximum atomic E-state index is 13.1. The molecule has 0 aromatic heterocycles. The molecule has 0 amide bonds. The number of aryl methyl sites for hydroxylation is 1. The van der Waals surface area contributed by atoms with Crippen molar-refractivity contribution in [2.24, 2.45) is 0 Å². The van der Waals surface area contributed by atoms with Crippen molar-refractivity contribution in [2.75, 3.05) is 24.8 Å². The molecule has 0 fully saturated rings. The standard InChI is InChI=1S/C17H17NO5S/c1-21-13-5-4-12-3-2-8-18(15(12)9-13)24(19,20)14-6-7-16-17(10-14)23-11-22-16/h4-7,9-10H,2-3,8,11H2,1H3. The quantitative estimate of drug-likeness (QED) is 0.854. The van der Waals surface area contributed by atoms with Crippen molar-refractivity contribution in [3.63, 3.8) is 0 Å². The van der Waals surface area contributed by atoms with Crippen LogP contribution in [0.5, 0.6) is 17.2 Å². The molecule has 6 nitrogen and oxygen atoms in total. The van der Waals surface area contributed by atoms with Gasteiger partial charge in [0.15, 0.2) is 11.5 Å². The molecule has 0 atom stereocenters. The molecule has 4 rings (SSSR count). The van der Waals surface area contributed by atoms with Gasteiger partial charge in [0.25, 0.3) is 10.0 Å². The zero-order valence-electron chi connectivity index (χ0n) is 13.2. The number of methoxy groups -OCH3 is 1. The van der Waals surface area contributed by atoms with Gasteiger partial charge in [-0.05, 0) is 36.6 Å². The molecule has 126 valence electrons. The smallest absolute Gasteiger partial charge is 0.264 e. The van der Waals surface area contributed by atoms with Gasteiger partial charge in [-0.2, -0.15) is 0 Å². The van der Waals surface area contributed by atoms with Crippen molar-refractivity contribution in [2.45, 2.75) is 17.7 Å². The number of nitrogens with zero attached hydrogens (tertiary/aromatic N) is 1. The van der Waals surface area contributed by atoms with Crippen LogP contribution in [0.2, 0.25) is 0 Å². The molecule has 0 N–H and O–H groups in total. The van der Waals surface area contributed by atoms with Crippen LogP contribution in [-0.2, 0) is 16.4 Å². The largest absolute Gasteiger partial charge is 0.497 e. The van der Waals surface area contributed by atoms with E-state index < -0.39 is 10.0 Å². The van der Waals surface area contributed by atoms with Gasteiger partial charge in [-0.25, -0.2) is 8.42 Å². The van der Waals surface area contributed by atoms with Gasteiger partial charge >= 0.3 is 0 Å². The molecule has 0 spiro atoms. The Morgan fingerprint density at radius 1 is 1.08 bits per heavy atom. The van der Waals surface area contributed by atoms with E-state index in [1.54, 1.807) is 25.3 Å². The van der Waals surface area contributed by atoms with E-state index in [2.05, 4.69) is 0 Å². The normalized spacial score (nSPS) is 16.0. The molecular weight excluding hydrogens is 330 g/mol. The number of benzene rings is 2. The Kier molecular flexibility index (Phi) is 3.53. The van der Waals surface area contributed by atoms with E-state index in [9.17, 15) is 8.42 Å². The molecule has 2 aromatic rings. The summed E-state index contributed by atoms with van der Waals surface area (Å²) in [5.74, 6) is 1.66. The molecular formula is C17H17NO5S. The Labute approximate surface area is 140 Å². The number of fused-ring (bicyclic) bond motifs is 2. The minimum atomic E-state index is -3.68. The van der Waals surface area contributed by atoms with Gasteiger partial charge in [0, 0.05) is 18.7 Å². The van der Waals surface area contributed by atoms with Gasteiger partial charge in [-0.15, -0.1) is 0 Å². The highest BCUT2D eigenvalue weighted by Crippen LogP contribution is 2.38. The van der Waals surface area contributed by atoms with Gasteiger partial charge in [-0.3, -0.25) is 4.31 Å². The predicted octanol–water partition coefficient (Wildman–Crippen LogP) is 2.57. The van der Waals surface area contributed by atoms with Gasteiger partial charge in [0.2, 0.25) is 6.79 Å². The van der Waals surface area contributed by atoms with Gasteiger partial charge in [-0.1, -0.05) is 6.07 Å². The van der Waals surface area contributed by atoms with Gasteiger partial charge in [0.1, 0.15) is 5.75 Å². The third kappa shape index (κ3) is 2.36. The molecule has 0 aliphatic carbocycles. The number of anilines is 1. The van der Waals surface area contributed by atoms with Crippen LogP contribution in [0.15, 0.2) is 41.3 Å². The van der Waals surface area contributed by atoms with E-state index >= 15 is 0 Å². The second-order valence-corrected chi connectivity index (χ2v) is 7.55. The lowest BCUT2D eigenvalue weighted by Crippen LogP contribution is -2.35. The Balaban J connectivity index is 1.78. The highest BCUT2D eigenvalue weighted by Gasteiger charge is 2.30. The van der Waals surface area contributed by atoms with Crippen LogP contribution < -0.4 is 18.5 Å². The second-order valence-electron chi connectivity index (χ2n) is 5.69. The minimum Gasteiger partial charge on any atom is -0.497 e. The van der Waals surface area contributed by atoms with E-state index in [1.165, 1.54) is 10.4 Å². The average Bonchev–Trinajstić information content (AvgIpc) is 3.08. The van der Waals surface area contributed by atoms with Crippen molar-refractivity contribution in [1.82, 2.24) is 0 Å². The van der Waals surface area contributed by atoms with Crippen LogP contribution >= 0.6 is 0 Å². The molecule has 7 heteroatoms. The maximum Gasteiger partial charge on any atom is 0.264 e. The highest BCUT2D eigenvalue weighted by atomic mass is 32.2. The molecule has 2 aliphatic heterocycles. The van der Waals surface area contributed by atoms with Crippen LogP contribution in [-0.4, -0.2) is 28.9 Å². The second kappa shape index (κ2) is 5.59. The monoisotopic (exact) mass is 347 g/mol. The fourth-order valence-electron chi connectivity index (χ4n) is 3.06. The maximum absolute atomic E-state index is 13.1. The zero-order chi connectivity index (χ0) is 16.7. The Morgan fingerprint density at radius 2 is 1.92 bits per heavy atom. The first-order valence-corrected chi connectivity index (χ1v) is 9.13. The molecule has 2 heterocycles. The van der Waals surface area contributed by atoms with E-state index in [0.29, 0.717) is 29.5 Å². The van der Waals surface area contributed by atoms with E-state index in [-0.39, 0.29) is 11.7 Å². The first-order valence-electron chi connectivity index (χ1n) is 7.69. The van der Waals surface area contributed by atoms with E-state index in [1.807, 2.05) is 12.1 Å². The van der Waals surface area contributed by atoms with Crippen LogP contribution in [0.1, 0.15) is 12.0 Å². The Bertz CT molecular complexity index is 894. The predicted molar refractivity (Wildman–Crippen MR) is 88.4 cm³/mol. The number of rotatable bonds is 3. The topological polar surface area (TPSA) is 65.1 Å². The van der Waals surface area contributed by atoms with E-state index in [4.69, 9.17) is 14.2 Å². The van der Waals surface area contributed by atoms with Crippen molar-refractivity contribution in [3.8, 4) is 17.2 Å². The first kappa shape index (κ1) is 15.1. The molecule has 0 bridgehead atoms. The Morgan fingerprint density at radius 3 is 2.75 bits per heavy atom. The van der Waals surface area contributed by atoms with Gasteiger partial charge in [0.05, 0.1) is 17.7 Å². The van der Waals surface area contributed by atoms with Crippen LogP contribution in [0.4, 0.5) is 5.69 Å². The summed E-state index contributed by atoms with van der Waals surface area (Å²) in [5, 5.41) is 0. The summed E-state index contributed by atoms with van der Waals surface area (Å²) >= 11 is 0. The van der Waals surface area contributed by atoms with Crippen LogP contribution in [0.25, 0.3) is 0 Å². The summed E-state index contributed by atoms with van der Waals surface area (Å²) in [6, 6.07) is 10.3. The lowest BCUT2D eigenvalue weighted by Gasteiger charge is -2.30. The summed E-state index contributed by atoms with van der Waals surface area (Å²) in [4.78, 5) is 0.197. The third-order valence-corrected chi connectivity index (χ3v) is 6.11. The lowest BCUT2D eigenvalue weighted by molar-refractivity contribution is 0.174.